The molecule has 5 nitrogen and oxygen atoms in total. The molecule has 0 saturated carbocycles. The summed E-state index contributed by atoms with van der Waals surface area (Å²) in [5.74, 6) is -0.836. The molecule has 0 aliphatic carbocycles. The first-order chi connectivity index (χ1) is 9.06. The summed E-state index contributed by atoms with van der Waals surface area (Å²) in [6.07, 6.45) is 4.30. The number of hydrogen-bond donors (Lipinski definition) is 2. The lowest BCUT2D eigenvalue weighted by molar-refractivity contribution is -0.138. The van der Waals surface area contributed by atoms with Gasteiger partial charge in [0, 0.05) is 6.07 Å². The quantitative estimate of drug-likeness (QED) is 0.374. The maximum Gasteiger partial charge on any atom is 0.348 e. The smallest absolute Gasteiger partial charge is 0.348 e. The van der Waals surface area contributed by atoms with E-state index in [1.165, 1.54) is 36.4 Å². The van der Waals surface area contributed by atoms with Crippen molar-refractivity contribution in [1.29, 1.82) is 5.26 Å². The van der Waals surface area contributed by atoms with Crippen LogP contribution in [0.15, 0.2) is 35.9 Å². The van der Waals surface area contributed by atoms with Gasteiger partial charge < -0.3 is 14.9 Å². The van der Waals surface area contributed by atoms with E-state index in [1.807, 2.05) is 0 Å². The molecule has 0 unspecified atom stereocenters. The molecule has 1 aromatic carbocycles. The number of carbonyl (C=O) groups excluding carboxylic acids is 1. The van der Waals surface area contributed by atoms with Crippen LogP contribution in [-0.4, -0.2) is 22.8 Å². The Labute approximate surface area is 110 Å². The Morgan fingerprint density at radius 1 is 1.37 bits per heavy atom. The minimum absolute atomic E-state index is 0.0745. The number of aromatic hydroxyl groups is 2. The van der Waals surface area contributed by atoms with Gasteiger partial charge in [-0.05, 0) is 30.7 Å². The average molecular weight is 259 g/mol. The summed E-state index contributed by atoms with van der Waals surface area (Å²) < 4.78 is 4.69. The molecule has 0 radical (unpaired) electrons. The second-order valence-electron chi connectivity index (χ2n) is 3.55. The molecule has 2 N–H and O–H groups in total. The molecule has 0 fully saturated rings. The molecule has 0 bridgehead atoms. The van der Waals surface area contributed by atoms with Gasteiger partial charge in [-0.2, -0.15) is 5.26 Å². The molecule has 1 rings (SSSR count). The number of phenolic OH excluding ortho intramolecular Hbond substituents is 2. The summed E-state index contributed by atoms with van der Waals surface area (Å²) in [5, 5.41) is 27.3. The highest BCUT2D eigenvalue weighted by Gasteiger charge is 2.07. The summed E-state index contributed by atoms with van der Waals surface area (Å²) in [4.78, 5) is 11.3. The minimum atomic E-state index is -0.687. The van der Waals surface area contributed by atoms with E-state index in [0.29, 0.717) is 5.56 Å². The van der Waals surface area contributed by atoms with E-state index in [9.17, 15) is 15.0 Å². The molecule has 0 saturated heterocycles. The van der Waals surface area contributed by atoms with Crippen molar-refractivity contribution < 1.29 is 19.7 Å². The largest absolute Gasteiger partial charge is 0.508 e. The van der Waals surface area contributed by atoms with Crippen molar-refractivity contribution >= 4 is 12.0 Å². The predicted molar refractivity (Wildman–Crippen MR) is 69.1 cm³/mol. The van der Waals surface area contributed by atoms with Gasteiger partial charge in [-0.25, -0.2) is 4.79 Å². The molecule has 98 valence electrons. The molecule has 0 spiro atoms. The monoisotopic (exact) mass is 259 g/mol. The van der Waals surface area contributed by atoms with Crippen molar-refractivity contribution in [3.05, 3.63) is 41.5 Å². The highest BCUT2D eigenvalue weighted by molar-refractivity contribution is 5.93. The van der Waals surface area contributed by atoms with Crippen LogP contribution < -0.4 is 0 Å². The fraction of sp³-hybridized carbons (Fsp3) is 0.143. The van der Waals surface area contributed by atoms with Gasteiger partial charge in [0.05, 0.1) is 6.61 Å². The maximum atomic E-state index is 11.3. The third-order valence-corrected chi connectivity index (χ3v) is 2.09. The highest BCUT2D eigenvalue weighted by Crippen LogP contribution is 2.21. The number of ether oxygens (including phenoxy) is 1. The van der Waals surface area contributed by atoms with E-state index < -0.39 is 5.97 Å². The lowest BCUT2D eigenvalue weighted by Gasteiger charge is -1.98. The van der Waals surface area contributed by atoms with Gasteiger partial charge in [0.25, 0.3) is 0 Å². The van der Waals surface area contributed by atoms with E-state index in [0.717, 1.165) is 0 Å². The fourth-order valence-corrected chi connectivity index (χ4v) is 1.33. The Morgan fingerprint density at radius 2 is 2.00 bits per heavy atom. The number of nitriles is 1. The predicted octanol–water partition coefficient (Wildman–Crippen LogP) is 2.12. The molecule has 1 aromatic rings. The van der Waals surface area contributed by atoms with Crippen molar-refractivity contribution in [3.8, 4) is 17.6 Å². The number of hydrogen-bond acceptors (Lipinski definition) is 5. The minimum Gasteiger partial charge on any atom is -0.508 e. The Morgan fingerprint density at radius 3 is 2.53 bits per heavy atom. The number of phenols is 2. The standard InChI is InChI=1S/C14H13NO4/c1-2-19-14(18)11(9-15)5-3-4-10-6-12(16)8-13(17)7-10/h3-8,16-17H,2H2,1H3/b4-3+,11-5+. The Hall–Kier alpha value is -2.74. The molecule has 0 aliphatic heterocycles. The average Bonchev–Trinajstić information content (AvgIpc) is 2.33. The zero-order valence-corrected chi connectivity index (χ0v) is 10.3. The molecule has 5 heteroatoms. The lowest BCUT2D eigenvalue weighted by Crippen LogP contribution is -2.05. The summed E-state index contributed by atoms with van der Waals surface area (Å²) in [5.41, 5.74) is 0.414. The van der Waals surface area contributed by atoms with Crippen LogP contribution in [-0.2, 0) is 9.53 Å². The lowest BCUT2D eigenvalue weighted by atomic mass is 10.1. The van der Waals surface area contributed by atoms with Gasteiger partial charge >= 0.3 is 5.97 Å². The van der Waals surface area contributed by atoms with Gasteiger partial charge in [0.1, 0.15) is 23.1 Å². The Bertz CT molecular complexity index is 547. The fourth-order valence-electron chi connectivity index (χ4n) is 1.33. The zero-order chi connectivity index (χ0) is 14.3. The van der Waals surface area contributed by atoms with E-state index in [1.54, 1.807) is 13.0 Å². The van der Waals surface area contributed by atoms with Gasteiger partial charge in [-0.3, -0.25) is 0 Å². The van der Waals surface area contributed by atoms with Gasteiger partial charge in [0.15, 0.2) is 0 Å². The first kappa shape index (κ1) is 14.3. The van der Waals surface area contributed by atoms with Crippen LogP contribution in [0.25, 0.3) is 6.08 Å². The van der Waals surface area contributed by atoms with E-state index >= 15 is 0 Å². The van der Waals surface area contributed by atoms with Crippen LogP contribution in [0.5, 0.6) is 11.5 Å². The van der Waals surface area contributed by atoms with E-state index in [4.69, 9.17) is 10.00 Å². The number of benzene rings is 1. The Balaban J connectivity index is 2.86. The summed E-state index contributed by atoms with van der Waals surface area (Å²) in [6.45, 7) is 1.85. The Kier molecular flexibility index (Phi) is 5.17. The van der Waals surface area contributed by atoms with Crippen LogP contribution >= 0.6 is 0 Å². The maximum absolute atomic E-state index is 11.3. The normalized spacial score (nSPS) is 11.3. The van der Waals surface area contributed by atoms with Crippen LogP contribution in [0.4, 0.5) is 0 Å². The first-order valence-electron chi connectivity index (χ1n) is 5.55. The number of rotatable bonds is 4. The number of nitrogens with zero attached hydrogens (tertiary/aromatic N) is 1. The zero-order valence-electron chi connectivity index (χ0n) is 10.3. The number of esters is 1. The summed E-state index contributed by atoms with van der Waals surface area (Å²) in [6, 6.07) is 5.80. The van der Waals surface area contributed by atoms with Crippen molar-refractivity contribution in [3.63, 3.8) is 0 Å². The molecule has 0 aliphatic rings. The van der Waals surface area contributed by atoms with Crippen molar-refractivity contribution in [2.24, 2.45) is 0 Å². The third-order valence-electron chi connectivity index (χ3n) is 2.09. The van der Waals surface area contributed by atoms with Crippen molar-refractivity contribution in [2.45, 2.75) is 6.92 Å². The molecular formula is C14H13NO4. The molecule has 0 aromatic heterocycles. The molecular weight excluding hydrogens is 246 g/mol. The summed E-state index contributed by atoms with van der Waals surface area (Å²) >= 11 is 0. The molecule has 0 amide bonds. The third kappa shape index (κ3) is 4.56. The second kappa shape index (κ2) is 6.87. The van der Waals surface area contributed by atoms with E-state index in [2.05, 4.69) is 0 Å². The molecule has 0 atom stereocenters. The molecule has 0 heterocycles. The van der Waals surface area contributed by atoms with Crippen LogP contribution in [0, 0.1) is 11.3 Å². The topological polar surface area (TPSA) is 90.6 Å². The number of allylic oxidation sites excluding steroid dienone is 2. The van der Waals surface area contributed by atoms with Crippen molar-refractivity contribution in [1.82, 2.24) is 0 Å². The van der Waals surface area contributed by atoms with Crippen LogP contribution in [0.3, 0.4) is 0 Å². The van der Waals surface area contributed by atoms with Gasteiger partial charge in [-0.1, -0.05) is 12.2 Å². The SMILES string of the molecule is CCOC(=O)/C(C#N)=C/C=C/c1cc(O)cc(O)c1. The van der Waals surface area contributed by atoms with Gasteiger partial charge in [-0.15, -0.1) is 0 Å². The first-order valence-corrected chi connectivity index (χ1v) is 5.55. The van der Waals surface area contributed by atoms with Crippen LogP contribution in [0.1, 0.15) is 12.5 Å². The van der Waals surface area contributed by atoms with E-state index in [-0.39, 0.29) is 23.7 Å². The van der Waals surface area contributed by atoms with Gasteiger partial charge in [0.2, 0.25) is 0 Å². The molecule has 19 heavy (non-hydrogen) atoms. The highest BCUT2D eigenvalue weighted by atomic mass is 16.5. The second-order valence-corrected chi connectivity index (χ2v) is 3.55. The number of carbonyl (C=O) groups is 1. The van der Waals surface area contributed by atoms with Crippen LogP contribution in [0.2, 0.25) is 0 Å². The van der Waals surface area contributed by atoms with Crippen molar-refractivity contribution in [2.75, 3.05) is 6.61 Å². The summed E-state index contributed by atoms with van der Waals surface area (Å²) in [7, 11) is 0.